The molecule has 2 amide bonds. The summed E-state index contributed by atoms with van der Waals surface area (Å²) in [6, 6.07) is -0.833. The van der Waals surface area contributed by atoms with Crippen LogP contribution in [0.1, 0.15) is 6.92 Å². The lowest BCUT2D eigenvalue weighted by Gasteiger charge is -2.22. The Kier molecular flexibility index (Phi) is 16.1. The molecule has 0 aromatic heterocycles. The zero-order valence-electron chi connectivity index (χ0n) is 11.7. The van der Waals surface area contributed by atoms with Gasteiger partial charge in [-0.15, -0.1) is 0 Å². The molecule has 0 saturated carbocycles. The maximum Gasteiger partial charge on any atom is 0.332 e. The summed E-state index contributed by atoms with van der Waals surface area (Å²) in [4.78, 5) is 28.3. The first-order chi connectivity index (χ1) is 9.91. The van der Waals surface area contributed by atoms with Crippen LogP contribution in [-0.4, -0.2) is 91.2 Å². The van der Waals surface area contributed by atoms with Crippen molar-refractivity contribution in [1.82, 2.24) is 0 Å². The molecule has 0 spiro atoms. The molecular formula is C10H22N2O10. The van der Waals surface area contributed by atoms with E-state index in [0.29, 0.717) is 0 Å². The summed E-state index contributed by atoms with van der Waals surface area (Å²) in [5, 5.41) is 59.3. The van der Waals surface area contributed by atoms with Gasteiger partial charge in [0.05, 0.1) is 6.61 Å². The van der Waals surface area contributed by atoms with E-state index in [1.54, 1.807) is 0 Å². The summed E-state index contributed by atoms with van der Waals surface area (Å²) < 4.78 is 0. The fraction of sp³-hybridized carbons (Fsp3) is 0.700. The number of carboxylic acid groups (broad SMARTS) is 1. The van der Waals surface area contributed by atoms with E-state index < -0.39 is 49.1 Å². The number of hydrogen-bond acceptors (Lipinski definition) is 9. The molecule has 22 heavy (non-hydrogen) atoms. The Balaban J connectivity index is -0.000000300. The molecule has 0 heterocycles. The monoisotopic (exact) mass is 330 g/mol. The van der Waals surface area contributed by atoms with Crippen molar-refractivity contribution in [2.45, 2.75) is 37.4 Å². The first kappa shape index (κ1) is 25.1. The molecule has 12 nitrogen and oxygen atoms in total. The summed E-state index contributed by atoms with van der Waals surface area (Å²) >= 11 is 0. The molecular weight excluding hydrogens is 308 g/mol. The van der Waals surface area contributed by atoms with E-state index in [9.17, 15) is 9.59 Å². The predicted molar refractivity (Wildman–Crippen MR) is 70.3 cm³/mol. The highest BCUT2D eigenvalue weighted by Crippen LogP contribution is 2.02. The Labute approximate surface area is 125 Å². The minimum Gasteiger partial charge on any atom is -0.479 e. The van der Waals surface area contributed by atoms with Crippen molar-refractivity contribution >= 4 is 18.3 Å². The number of carbonyl (C=O) groups excluding carboxylic acids is 2. The highest BCUT2D eigenvalue weighted by atomic mass is 16.4. The molecule has 0 fully saturated rings. The molecule has 0 bridgehead atoms. The average molecular weight is 330 g/mol. The molecule has 0 aromatic rings. The fourth-order valence-corrected chi connectivity index (χ4v) is 0.618. The second kappa shape index (κ2) is 14.1. The van der Waals surface area contributed by atoms with Crippen LogP contribution in [0.5, 0.6) is 0 Å². The quantitative estimate of drug-likeness (QED) is 0.210. The molecule has 0 saturated heterocycles. The molecule has 0 rings (SSSR count). The van der Waals surface area contributed by atoms with Crippen LogP contribution in [0.15, 0.2) is 0 Å². The van der Waals surface area contributed by atoms with Gasteiger partial charge < -0.3 is 52.0 Å². The molecule has 11 N–H and O–H groups in total. The predicted octanol–water partition coefficient (Wildman–Crippen LogP) is -4.90. The van der Waals surface area contributed by atoms with E-state index in [1.807, 2.05) is 0 Å². The van der Waals surface area contributed by atoms with Crippen molar-refractivity contribution in [3.05, 3.63) is 0 Å². The van der Waals surface area contributed by atoms with Crippen LogP contribution in [0.25, 0.3) is 0 Å². The molecule has 0 aliphatic carbocycles. The number of primary amides is 2. The third kappa shape index (κ3) is 16.2. The first-order valence-corrected chi connectivity index (χ1v) is 5.66. The van der Waals surface area contributed by atoms with Gasteiger partial charge in [0, 0.05) is 0 Å². The number of urea groups is 1. The maximum absolute atomic E-state index is 9.90. The van der Waals surface area contributed by atoms with E-state index in [1.165, 1.54) is 6.92 Å². The number of aliphatic hydroxyl groups excluding tert-OH is 6. The van der Waals surface area contributed by atoms with Gasteiger partial charge >= 0.3 is 12.0 Å². The van der Waals surface area contributed by atoms with Crippen LogP contribution >= 0.6 is 0 Å². The van der Waals surface area contributed by atoms with Crippen molar-refractivity contribution in [2.75, 3.05) is 6.61 Å². The van der Waals surface area contributed by atoms with Gasteiger partial charge in [-0.05, 0) is 6.92 Å². The van der Waals surface area contributed by atoms with Gasteiger partial charge in [-0.1, -0.05) is 0 Å². The van der Waals surface area contributed by atoms with Crippen LogP contribution in [0, 0.1) is 0 Å². The lowest BCUT2D eigenvalue weighted by Crippen LogP contribution is -2.46. The summed E-state index contributed by atoms with van der Waals surface area (Å²) in [6.07, 6.45) is -8.07. The second-order valence-electron chi connectivity index (χ2n) is 3.77. The standard InChI is InChI=1S/C6H12O6.C3H6O3.CH4N2O/c7-1-3(9)5(11)6(12)4(10)2-8;1-2(4)3(5)6;2-1(3)4/h1,3-6,8-12H,2H2;2,4H,1H3,(H,5,6);(H4,2,3,4)/t3-,4+,5+,6+;;/m0../s1. The lowest BCUT2D eigenvalue weighted by atomic mass is 10.0. The Morgan fingerprint density at radius 2 is 1.36 bits per heavy atom. The van der Waals surface area contributed by atoms with Crippen molar-refractivity contribution in [2.24, 2.45) is 11.5 Å². The summed E-state index contributed by atoms with van der Waals surface area (Å²) in [6.45, 7) is 0.437. The Morgan fingerprint density at radius 1 is 1.05 bits per heavy atom. The fourth-order valence-electron chi connectivity index (χ4n) is 0.618. The minimum absolute atomic E-state index is 0.0258. The Morgan fingerprint density at radius 3 is 1.55 bits per heavy atom. The highest BCUT2D eigenvalue weighted by molar-refractivity contribution is 5.71. The van der Waals surface area contributed by atoms with Crippen molar-refractivity contribution in [3.8, 4) is 0 Å². The van der Waals surface area contributed by atoms with E-state index >= 15 is 0 Å². The molecule has 0 aliphatic heterocycles. The summed E-state index contributed by atoms with van der Waals surface area (Å²) in [7, 11) is 0. The number of carbonyl (C=O) groups is 3. The van der Waals surface area contributed by atoms with Crippen LogP contribution in [0.4, 0.5) is 4.79 Å². The summed E-state index contributed by atoms with van der Waals surface area (Å²) in [5.41, 5.74) is 8.50. The number of hydrogen-bond donors (Lipinski definition) is 9. The van der Waals surface area contributed by atoms with Gasteiger partial charge in [-0.25, -0.2) is 9.59 Å². The van der Waals surface area contributed by atoms with Gasteiger partial charge in [-0.2, -0.15) is 0 Å². The number of aliphatic carboxylic acids is 1. The third-order valence-corrected chi connectivity index (χ3v) is 1.78. The van der Waals surface area contributed by atoms with E-state index in [4.69, 9.17) is 40.5 Å². The molecule has 0 radical (unpaired) electrons. The molecule has 0 aromatic carbocycles. The highest BCUT2D eigenvalue weighted by Gasteiger charge is 2.29. The zero-order valence-corrected chi connectivity index (χ0v) is 11.7. The van der Waals surface area contributed by atoms with Crippen molar-refractivity contribution in [3.63, 3.8) is 0 Å². The van der Waals surface area contributed by atoms with Gasteiger partial charge in [0.15, 0.2) is 6.29 Å². The zero-order chi connectivity index (χ0) is 18.5. The largest absolute Gasteiger partial charge is 0.479 e. The number of aldehydes is 1. The third-order valence-electron chi connectivity index (χ3n) is 1.78. The number of aliphatic hydroxyl groups is 6. The topological polar surface area (TPSA) is 245 Å². The van der Waals surface area contributed by atoms with Crippen LogP contribution in [0.2, 0.25) is 0 Å². The Hall–Kier alpha value is -1.83. The Bertz CT molecular complexity index is 321. The smallest absolute Gasteiger partial charge is 0.332 e. The van der Waals surface area contributed by atoms with Crippen molar-refractivity contribution in [1.29, 1.82) is 0 Å². The van der Waals surface area contributed by atoms with Gasteiger partial charge in [0.2, 0.25) is 0 Å². The molecule has 5 atom stereocenters. The SMILES string of the molecule is CC(O)C(=O)O.NC(N)=O.O=C[C@H](O)[C@@H](O)[C@H](O)[C@H](O)CO. The van der Waals surface area contributed by atoms with Crippen molar-refractivity contribution < 1.29 is 50.1 Å². The van der Waals surface area contributed by atoms with E-state index in [0.717, 1.165) is 0 Å². The molecule has 132 valence electrons. The van der Waals surface area contributed by atoms with Crippen LogP contribution in [-0.2, 0) is 9.59 Å². The number of rotatable bonds is 6. The average Bonchev–Trinajstić information content (AvgIpc) is 2.43. The van der Waals surface area contributed by atoms with Crippen LogP contribution < -0.4 is 11.5 Å². The van der Waals surface area contributed by atoms with E-state index in [-0.39, 0.29) is 6.29 Å². The maximum atomic E-state index is 9.90. The number of nitrogens with two attached hydrogens (primary N) is 2. The van der Waals surface area contributed by atoms with E-state index in [2.05, 4.69) is 11.5 Å². The number of amides is 2. The second-order valence-corrected chi connectivity index (χ2v) is 3.77. The van der Waals surface area contributed by atoms with Crippen LogP contribution in [0.3, 0.4) is 0 Å². The van der Waals surface area contributed by atoms with Gasteiger partial charge in [0.1, 0.15) is 30.5 Å². The number of carboxylic acids is 1. The molecule has 1 unspecified atom stereocenters. The summed E-state index contributed by atoms with van der Waals surface area (Å²) in [5.74, 6) is -1.19. The lowest BCUT2D eigenvalue weighted by molar-refractivity contribution is -0.145. The first-order valence-electron chi connectivity index (χ1n) is 5.66. The van der Waals surface area contributed by atoms with Gasteiger partial charge in [-0.3, -0.25) is 0 Å². The molecule has 12 heteroatoms. The van der Waals surface area contributed by atoms with Gasteiger partial charge in [0.25, 0.3) is 0 Å². The normalized spacial score (nSPS) is 16.3. The molecule has 0 aliphatic rings. The minimum atomic E-state index is -1.79.